The molecule has 1 atom stereocenters. The Morgan fingerprint density at radius 3 is 2.25 bits per heavy atom. The molecule has 3 rings (SSSR count). The van der Waals surface area contributed by atoms with Crippen LogP contribution in [0.25, 0.3) is 11.1 Å². The monoisotopic (exact) mass is 379 g/mol. The largest absolute Gasteiger partial charge is 0.456 e. The van der Waals surface area contributed by atoms with E-state index in [4.69, 9.17) is 4.74 Å². The molecule has 146 valence electrons. The van der Waals surface area contributed by atoms with Gasteiger partial charge in [-0.1, -0.05) is 54.6 Å². The number of carbonyl (C=O) groups excluding carboxylic acids is 3. The van der Waals surface area contributed by atoms with Crippen LogP contribution in [0.5, 0.6) is 0 Å². The maximum absolute atomic E-state index is 12.3. The molecule has 2 aromatic carbocycles. The van der Waals surface area contributed by atoms with Gasteiger partial charge in [0.25, 0.3) is 5.91 Å². The van der Waals surface area contributed by atoms with E-state index in [9.17, 15) is 14.4 Å². The molecule has 1 N–H and O–H groups in total. The average Bonchev–Trinajstić information content (AvgIpc) is 3.57. The van der Waals surface area contributed by atoms with E-state index in [1.165, 1.54) is 0 Å². The van der Waals surface area contributed by atoms with Gasteiger partial charge < -0.3 is 10.1 Å². The number of hydrogen-bond acceptors (Lipinski definition) is 4. The van der Waals surface area contributed by atoms with Gasteiger partial charge in [0.15, 0.2) is 12.4 Å². The van der Waals surface area contributed by atoms with Gasteiger partial charge >= 0.3 is 5.97 Å². The summed E-state index contributed by atoms with van der Waals surface area (Å²) in [5.41, 5.74) is 2.67. The van der Waals surface area contributed by atoms with Crippen molar-refractivity contribution in [3.05, 3.63) is 60.2 Å². The van der Waals surface area contributed by atoms with Crippen molar-refractivity contribution in [2.75, 3.05) is 6.61 Å². The number of hydrogen-bond donors (Lipinski definition) is 1. The Bertz CT molecular complexity index is 825. The highest BCUT2D eigenvalue weighted by atomic mass is 16.5. The summed E-state index contributed by atoms with van der Waals surface area (Å²) in [5, 5.41) is 2.82. The normalized spacial score (nSPS) is 14.2. The third kappa shape index (κ3) is 5.78. The van der Waals surface area contributed by atoms with Crippen LogP contribution < -0.4 is 5.32 Å². The van der Waals surface area contributed by atoms with E-state index in [2.05, 4.69) is 5.32 Å². The van der Waals surface area contributed by atoms with Crippen molar-refractivity contribution < 1.29 is 19.1 Å². The number of benzene rings is 2. The standard InChI is InChI=1S/C23H25NO4/c1-16(17-7-8-17)24-22(26)15-28-23(27)14-13-21(25)20-11-9-19(10-12-20)18-5-3-2-4-6-18/h2-6,9-12,16-17H,7-8,13-15H2,1H3,(H,24,26)/t16-/m1/s1. The Hall–Kier alpha value is -2.95. The third-order valence-corrected chi connectivity index (χ3v) is 4.95. The van der Waals surface area contributed by atoms with Crippen molar-refractivity contribution >= 4 is 17.7 Å². The number of ether oxygens (including phenoxy) is 1. The van der Waals surface area contributed by atoms with Crippen LogP contribution in [0.2, 0.25) is 0 Å². The molecule has 5 nitrogen and oxygen atoms in total. The zero-order chi connectivity index (χ0) is 19.9. The molecule has 2 aromatic rings. The molecule has 1 saturated carbocycles. The topological polar surface area (TPSA) is 72.5 Å². The molecular formula is C23H25NO4. The fraction of sp³-hybridized carbons (Fsp3) is 0.348. The van der Waals surface area contributed by atoms with Crippen LogP contribution in [0.3, 0.4) is 0 Å². The van der Waals surface area contributed by atoms with Crippen molar-refractivity contribution in [1.29, 1.82) is 0 Å². The predicted molar refractivity (Wildman–Crippen MR) is 107 cm³/mol. The lowest BCUT2D eigenvalue weighted by atomic mass is 10.0. The first-order valence-corrected chi connectivity index (χ1v) is 9.66. The third-order valence-electron chi connectivity index (χ3n) is 4.95. The molecule has 1 aliphatic carbocycles. The molecule has 1 amide bonds. The molecule has 5 heteroatoms. The number of amides is 1. The molecule has 0 aromatic heterocycles. The SMILES string of the molecule is C[C@@H](NC(=O)COC(=O)CCC(=O)c1ccc(-c2ccccc2)cc1)C1CC1. The van der Waals surface area contributed by atoms with Gasteiger partial charge in [0.2, 0.25) is 0 Å². The fourth-order valence-corrected chi connectivity index (χ4v) is 3.07. The van der Waals surface area contributed by atoms with Gasteiger partial charge in [-0.2, -0.15) is 0 Å². The summed E-state index contributed by atoms with van der Waals surface area (Å²) < 4.78 is 4.96. The molecule has 0 heterocycles. The minimum absolute atomic E-state index is 0.0370. The second-order valence-electron chi connectivity index (χ2n) is 7.22. The molecule has 0 spiro atoms. The average molecular weight is 379 g/mol. The first-order chi connectivity index (χ1) is 13.5. The summed E-state index contributed by atoms with van der Waals surface area (Å²) >= 11 is 0. The fourth-order valence-electron chi connectivity index (χ4n) is 3.07. The van der Waals surface area contributed by atoms with Gasteiger partial charge in [-0.25, -0.2) is 0 Å². The molecule has 1 aliphatic rings. The van der Waals surface area contributed by atoms with E-state index in [0.717, 1.165) is 24.0 Å². The van der Waals surface area contributed by atoms with Crippen molar-refractivity contribution in [2.24, 2.45) is 5.92 Å². The minimum Gasteiger partial charge on any atom is -0.456 e. The lowest BCUT2D eigenvalue weighted by Gasteiger charge is -2.12. The smallest absolute Gasteiger partial charge is 0.306 e. The van der Waals surface area contributed by atoms with E-state index >= 15 is 0 Å². The van der Waals surface area contributed by atoms with Crippen molar-refractivity contribution in [3.8, 4) is 11.1 Å². The van der Waals surface area contributed by atoms with Gasteiger partial charge in [-0.05, 0) is 36.8 Å². The summed E-state index contributed by atoms with van der Waals surface area (Å²) in [5.74, 6) is -0.409. The van der Waals surface area contributed by atoms with E-state index < -0.39 is 5.97 Å². The molecule has 1 fully saturated rings. The van der Waals surface area contributed by atoms with Crippen LogP contribution >= 0.6 is 0 Å². The Morgan fingerprint density at radius 2 is 1.61 bits per heavy atom. The number of rotatable bonds is 9. The minimum atomic E-state index is -0.538. The quantitative estimate of drug-likeness (QED) is 0.532. The number of carbonyl (C=O) groups is 3. The molecule has 28 heavy (non-hydrogen) atoms. The molecule has 0 saturated heterocycles. The van der Waals surface area contributed by atoms with Crippen molar-refractivity contribution in [2.45, 2.75) is 38.6 Å². The zero-order valence-corrected chi connectivity index (χ0v) is 16.0. The second kappa shape index (κ2) is 9.31. The highest BCUT2D eigenvalue weighted by Crippen LogP contribution is 2.32. The predicted octanol–water partition coefficient (Wildman–Crippen LogP) is 3.77. The Labute approximate surface area is 165 Å². The second-order valence-corrected chi connectivity index (χ2v) is 7.22. The molecule has 0 bridgehead atoms. The van der Waals surface area contributed by atoms with Crippen molar-refractivity contribution in [1.82, 2.24) is 5.32 Å². The van der Waals surface area contributed by atoms with Gasteiger partial charge in [-0.3, -0.25) is 14.4 Å². The van der Waals surface area contributed by atoms with Crippen LogP contribution in [0.1, 0.15) is 43.0 Å². The summed E-state index contributed by atoms with van der Waals surface area (Å²) in [6, 6.07) is 17.3. The van der Waals surface area contributed by atoms with Crippen LogP contribution in [0.4, 0.5) is 0 Å². The van der Waals surface area contributed by atoms with Gasteiger partial charge in [0.1, 0.15) is 0 Å². The Balaban J connectivity index is 1.40. The molecular weight excluding hydrogens is 354 g/mol. The molecule has 0 unspecified atom stereocenters. The lowest BCUT2D eigenvalue weighted by molar-refractivity contribution is -0.148. The maximum atomic E-state index is 12.3. The van der Waals surface area contributed by atoms with Gasteiger partial charge in [-0.15, -0.1) is 0 Å². The Morgan fingerprint density at radius 1 is 0.964 bits per heavy atom. The lowest BCUT2D eigenvalue weighted by Crippen LogP contribution is -2.37. The summed E-state index contributed by atoms with van der Waals surface area (Å²) in [4.78, 5) is 35.8. The van der Waals surface area contributed by atoms with E-state index in [-0.39, 0.29) is 37.2 Å². The summed E-state index contributed by atoms with van der Waals surface area (Å²) in [6.45, 7) is 1.66. The van der Waals surface area contributed by atoms with Crippen LogP contribution in [0.15, 0.2) is 54.6 Å². The number of ketones is 1. The van der Waals surface area contributed by atoms with E-state index in [1.807, 2.05) is 49.4 Å². The number of esters is 1. The Kier molecular flexibility index (Phi) is 6.58. The van der Waals surface area contributed by atoms with Gasteiger partial charge in [0, 0.05) is 18.0 Å². The summed E-state index contributed by atoms with van der Waals surface area (Å²) in [7, 11) is 0. The summed E-state index contributed by atoms with van der Waals surface area (Å²) in [6.07, 6.45) is 2.29. The van der Waals surface area contributed by atoms with Crippen LogP contribution in [-0.2, 0) is 14.3 Å². The number of nitrogens with one attached hydrogen (secondary N) is 1. The van der Waals surface area contributed by atoms with Gasteiger partial charge in [0.05, 0.1) is 6.42 Å². The highest BCUT2D eigenvalue weighted by molar-refractivity contribution is 5.98. The maximum Gasteiger partial charge on any atom is 0.306 e. The number of Topliss-reactive ketones (excluding diaryl/α,β-unsaturated/α-hetero) is 1. The zero-order valence-electron chi connectivity index (χ0n) is 16.0. The van der Waals surface area contributed by atoms with E-state index in [1.54, 1.807) is 12.1 Å². The van der Waals surface area contributed by atoms with Crippen LogP contribution in [0, 0.1) is 5.92 Å². The highest BCUT2D eigenvalue weighted by Gasteiger charge is 2.28. The first-order valence-electron chi connectivity index (χ1n) is 9.66. The van der Waals surface area contributed by atoms with Crippen LogP contribution in [-0.4, -0.2) is 30.3 Å². The first kappa shape index (κ1) is 19.8. The molecule has 0 radical (unpaired) electrons. The van der Waals surface area contributed by atoms with Crippen molar-refractivity contribution in [3.63, 3.8) is 0 Å². The van der Waals surface area contributed by atoms with E-state index in [0.29, 0.717) is 11.5 Å². The molecule has 0 aliphatic heterocycles.